The Balaban J connectivity index is 2.13. The van der Waals surface area contributed by atoms with Crippen molar-refractivity contribution in [3.05, 3.63) is 42.5 Å². The number of nitrogens with zero attached hydrogens (tertiary/aromatic N) is 1. The van der Waals surface area contributed by atoms with Gasteiger partial charge in [-0.15, -0.1) is 0 Å². The number of imidazole rings is 1. The summed E-state index contributed by atoms with van der Waals surface area (Å²) in [4.78, 5) is 7.65. The Labute approximate surface area is 104 Å². The van der Waals surface area contributed by atoms with E-state index in [0.29, 0.717) is 0 Å². The van der Waals surface area contributed by atoms with Crippen molar-refractivity contribution in [3.63, 3.8) is 0 Å². The predicted molar refractivity (Wildman–Crippen MR) is 69.7 cm³/mol. The van der Waals surface area contributed by atoms with Gasteiger partial charge in [-0.05, 0) is 24.3 Å². The molecule has 0 unspecified atom stereocenters. The van der Waals surface area contributed by atoms with Crippen LogP contribution in [0, 0.1) is 0 Å². The van der Waals surface area contributed by atoms with Gasteiger partial charge in [-0.1, -0.05) is 12.1 Å². The van der Waals surface area contributed by atoms with Crippen LogP contribution in [0.25, 0.3) is 22.4 Å². The lowest BCUT2D eigenvalue weighted by atomic mass is 10.2. The molecule has 18 heavy (non-hydrogen) atoms. The van der Waals surface area contributed by atoms with Gasteiger partial charge >= 0.3 is 0 Å². The number of aromatic hydroxyl groups is 1. The molecule has 0 fully saturated rings. The summed E-state index contributed by atoms with van der Waals surface area (Å²) in [6, 6.07) is 12.7. The van der Waals surface area contributed by atoms with Crippen LogP contribution in [0.5, 0.6) is 11.5 Å². The smallest absolute Gasteiger partial charge is 0.138 e. The van der Waals surface area contributed by atoms with Crippen LogP contribution in [0.15, 0.2) is 42.5 Å². The molecule has 90 valence electrons. The molecule has 3 aromatic rings. The third-order valence-electron chi connectivity index (χ3n) is 2.81. The van der Waals surface area contributed by atoms with Crippen LogP contribution in [0.3, 0.4) is 0 Å². The minimum Gasteiger partial charge on any atom is -0.508 e. The number of methoxy groups -OCH3 is 1. The number of H-pyrrole nitrogens is 1. The Kier molecular flexibility index (Phi) is 2.41. The van der Waals surface area contributed by atoms with E-state index in [1.54, 1.807) is 25.3 Å². The zero-order valence-electron chi connectivity index (χ0n) is 9.84. The van der Waals surface area contributed by atoms with Crippen molar-refractivity contribution < 1.29 is 9.84 Å². The number of hydrogen-bond acceptors (Lipinski definition) is 3. The van der Waals surface area contributed by atoms with Crippen molar-refractivity contribution >= 4 is 11.0 Å². The first-order chi connectivity index (χ1) is 8.76. The van der Waals surface area contributed by atoms with Crippen LogP contribution >= 0.6 is 0 Å². The number of phenols is 1. The molecule has 0 spiro atoms. The average molecular weight is 240 g/mol. The molecule has 0 radical (unpaired) electrons. The SMILES string of the molecule is COc1cccc(-c2nc3ccc(O)cc3[nH]2)c1. The van der Waals surface area contributed by atoms with Gasteiger partial charge in [-0.2, -0.15) is 0 Å². The number of ether oxygens (including phenoxy) is 1. The molecule has 0 saturated carbocycles. The molecule has 1 heterocycles. The van der Waals surface area contributed by atoms with Gasteiger partial charge in [0.15, 0.2) is 0 Å². The number of aromatic amines is 1. The van der Waals surface area contributed by atoms with Crippen molar-refractivity contribution in [3.8, 4) is 22.9 Å². The van der Waals surface area contributed by atoms with Gasteiger partial charge in [-0.25, -0.2) is 4.98 Å². The van der Waals surface area contributed by atoms with Crippen molar-refractivity contribution in [1.29, 1.82) is 0 Å². The number of fused-ring (bicyclic) bond motifs is 1. The molecular formula is C14H12N2O2. The van der Waals surface area contributed by atoms with Crippen molar-refractivity contribution in [2.45, 2.75) is 0 Å². The van der Waals surface area contributed by atoms with Gasteiger partial charge in [0.25, 0.3) is 0 Å². The predicted octanol–water partition coefficient (Wildman–Crippen LogP) is 2.94. The van der Waals surface area contributed by atoms with E-state index in [1.165, 1.54) is 0 Å². The van der Waals surface area contributed by atoms with Crippen LogP contribution in [0.4, 0.5) is 0 Å². The number of benzene rings is 2. The molecule has 0 atom stereocenters. The molecule has 0 aliphatic carbocycles. The monoisotopic (exact) mass is 240 g/mol. The molecule has 2 N–H and O–H groups in total. The highest BCUT2D eigenvalue weighted by molar-refractivity contribution is 5.80. The first kappa shape index (κ1) is 10.7. The number of hydrogen-bond donors (Lipinski definition) is 2. The van der Waals surface area contributed by atoms with Gasteiger partial charge in [0.1, 0.15) is 17.3 Å². The largest absolute Gasteiger partial charge is 0.508 e. The Morgan fingerprint density at radius 2 is 2.06 bits per heavy atom. The number of aromatic nitrogens is 2. The molecule has 0 aliphatic heterocycles. The summed E-state index contributed by atoms with van der Waals surface area (Å²) in [6.45, 7) is 0. The third kappa shape index (κ3) is 1.78. The molecule has 0 saturated heterocycles. The Morgan fingerprint density at radius 3 is 2.89 bits per heavy atom. The van der Waals surface area contributed by atoms with E-state index in [9.17, 15) is 5.11 Å². The van der Waals surface area contributed by atoms with Gasteiger partial charge < -0.3 is 14.8 Å². The van der Waals surface area contributed by atoms with E-state index in [1.807, 2.05) is 24.3 Å². The van der Waals surface area contributed by atoms with E-state index in [2.05, 4.69) is 9.97 Å². The van der Waals surface area contributed by atoms with Crippen molar-refractivity contribution in [2.24, 2.45) is 0 Å². The topological polar surface area (TPSA) is 58.1 Å². The lowest BCUT2D eigenvalue weighted by Gasteiger charge is -2.01. The molecule has 4 heteroatoms. The summed E-state index contributed by atoms with van der Waals surface area (Å²) in [5.74, 6) is 1.77. The van der Waals surface area contributed by atoms with Gasteiger partial charge in [0.2, 0.25) is 0 Å². The highest BCUT2D eigenvalue weighted by atomic mass is 16.5. The van der Waals surface area contributed by atoms with E-state index in [-0.39, 0.29) is 5.75 Å². The molecule has 0 bridgehead atoms. The fourth-order valence-electron chi connectivity index (χ4n) is 1.90. The van der Waals surface area contributed by atoms with E-state index in [4.69, 9.17) is 4.74 Å². The molecule has 2 aromatic carbocycles. The molecule has 0 amide bonds. The molecule has 1 aromatic heterocycles. The fraction of sp³-hybridized carbons (Fsp3) is 0.0714. The first-order valence-corrected chi connectivity index (χ1v) is 5.59. The fourth-order valence-corrected chi connectivity index (χ4v) is 1.90. The normalized spacial score (nSPS) is 10.7. The zero-order chi connectivity index (χ0) is 12.5. The molecular weight excluding hydrogens is 228 g/mol. The summed E-state index contributed by atoms with van der Waals surface area (Å²) in [7, 11) is 1.63. The van der Waals surface area contributed by atoms with E-state index < -0.39 is 0 Å². The van der Waals surface area contributed by atoms with Crippen LogP contribution in [0.2, 0.25) is 0 Å². The lowest BCUT2D eigenvalue weighted by molar-refractivity contribution is 0.415. The minimum absolute atomic E-state index is 0.225. The van der Waals surface area contributed by atoms with Crippen LogP contribution < -0.4 is 4.74 Å². The zero-order valence-corrected chi connectivity index (χ0v) is 9.84. The average Bonchev–Trinajstić information content (AvgIpc) is 2.81. The number of phenolic OH excluding ortho intramolecular Hbond substituents is 1. The quantitative estimate of drug-likeness (QED) is 0.724. The Hall–Kier alpha value is -2.49. The van der Waals surface area contributed by atoms with Crippen LogP contribution in [0.1, 0.15) is 0 Å². The van der Waals surface area contributed by atoms with Gasteiger partial charge in [-0.3, -0.25) is 0 Å². The van der Waals surface area contributed by atoms with Crippen molar-refractivity contribution in [1.82, 2.24) is 9.97 Å². The maximum Gasteiger partial charge on any atom is 0.138 e. The van der Waals surface area contributed by atoms with Crippen LogP contribution in [-0.2, 0) is 0 Å². The maximum absolute atomic E-state index is 9.42. The van der Waals surface area contributed by atoms with Crippen molar-refractivity contribution in [2.75, 3.05) is 7.11 Å². The second-order valence-electron chi connectivity index (χ2n) is 4.02. The maximum atomic E-state index is 9.42. The summed E-state index contributed by atoms with van der Waals surface area (Å²) >= 11 is 0. The second-order valence-corrected chi connectivity index (χ2v) is 4.02. The lowest BCUT2D eigenvalue weighted by Crippen LogP contribution is -1.84. The summed E-state index contributed by atoms with van der Waals surface area (Å²) < 4.78 is 5.19. The van der Waals surface area contributed by atoms with Gasteiger partial charge in [0.05, 0.1) is 18.1 Å². The minimum atomic E-state index is 0.225. The Bertz CT molecular complexity index is 704. The summed E-state index contributed by atoms with van der Waals surface area (Å²) in [5.41, 5.74) is 2.59. The van der Waals surface area contributed by atoms with Crippen LogP contribution in [-0.4, -0.2) is 22.2 Å². The number of rotatable bonds is 2. The standard InChI is InChI=1S/C14H12N2O2/c1-18-11-4-2-3-9(7-11)14-15-12-6-5-10(17)8-13(12)16-14/h2-8,17H,1H3,(H,15,16). The Morgan fingerprint density at radius 1 is 1.17 bits per heavy atom. The summed E-state index contributed by atoms with van der Waals surface area (Å²) in [6.07, 6.45) is 0. The van der Waals surface area contributed by atoms with E-state index in [0.717, 1.165) is 28.2 Å². The third-order valence-corrected chi connectivity index (χ3v) is 2.81. The molecule has 3 rings (SSSR count). The molecule has 4 nitrogen and oxygen atoms in total. The summed E-state index contributed by atoms with van der Waals surface area (Å²) in [5, 5.41) is 9.42. The highest BCUT2D eigenvalue weighted by Crippen LogP contribution is 2.25. The first-order valence-electron chi connectivity index (χ1n) is 5.59. The molecule has 0 aliphatic rings. The van der Waals surface area contributed by atoms with E-state index >= 15 is 0 Å². The van der Waals surface area contributed by atoms with Gasteiger partial charge in [0, 0.05) is 11.6 Å². The number of nitrogens with one attached hydrogen (secondary N) is 1. The highest BCUT2D eigenvalue weighted by Gasteiger charge is 2.06. The second kappa shape index (κ2) is 4.07.